The van der Waals surface area contributed by atoms with Crippen molar-refractivity contribution in [2.24, 2.45) is 17.8 Å². The Bertz CT molecular complexity index is 931. The van der Waals surface area contributed by atoms with Crippen molar-refractivity contribution in [1.29, 1.82) is 0 Å². The van der Waals surface area contributed by atoms with Gasteiger partial charge in [-0.05, 0) is 37.0 Å². The third-order valence-corrected chi connectivity index (χ3v) is 12.5. The lowest BCUT2D eigenvalue weighted by molar-refractivity contribution is -0.167. The van der Waals surface area contributed by atoms with Gasteiger partial charge in [0.15, 0.2) is 6.10 Å². The first-order valence-corrected chi connectivity index (χ1v) is 26.6. The third kappa shape index (κ3) is 45.9. The average Bonchev–Trinajstić information content (AvgIpc) is 3.22. The van der Waals surface area contributed by atoms with Crippen LogP contribution >= 0.6 is 0 Å². The van der Waals surface area contributed by atoms with Gasteiger partial charge in [0.25, 0.3) is 0 Å². The number of rotatable bonds is 47. The zero-order chi connectivity index (χ0) is 44.2. The maximum Gasteiger partial charge on any atom is 0.306 e. The predicted octanol–water partition coefficient (Wildman–Crippen LogP) is 17.2. The van der Waals surface area contributed by atoms with Crippen LogP contribution < -0.4 is 0 Å². The minimum Gasteiger partial charge on any atom is -0.462 e. The minimum atomic E-state index is -0.763. The molecule has 6 nitrogen and oxygen atoms in total. The van der Waals surface area contributed by atoms with E-state index in [0.29, 0.717) is 19.3 Å². The molecular formula is C54H104O6. The maximum atomic E-state index is 12.8. The molecule has 0 aromatic carbocycles. The van der Waals surface area contributed by atoms with Crippen LogP contribution in [0.5, 0.6) is 0 Å². The smallest absolute Gasteiger partial charge is 0.306 e. The van der Waals surface area contributed by atoms with Crippen LogP contribution in [-0.4, -0.2) is 37.2 Å². The number of unbranched alkanes of at least 4 members (excludes halogenated alkanes) is 29. The fraction of sp³-hybridized carbons (Fsp3) is 0.944. The molecule has 0 aliphatic rings. The Morgan fingerprint density at radius 3 is 0.867 bits per heavy atom. The summed E-state index contributed by atoms with van der Waals surface area (Å²) in [6, 6.07) is 0. The quantitative estimate of drug-likeness (QED) is 0.0345. The van der Waals surface area contributed by atoms with Gasteiger partial charge in [-0.3, -0.25) is 14.4 Å². The average molecular weight is 849 g/mol. The Balaban J connectivity index is 4.28. The summed E-state index contributed by atoms with van der Waals surface area (Å²) in [6.07, 6.45) is 45.2. The molecule has 6 heteroatoms. The zero-order valence-corrected chi connectivity index (χ0v) is 41.3. The van der Waals surface area contributed by atoms with E-state index >= 15 is 0 Å². The molecule has 0 fully saturated rings. The summed E-state index contributed by atoms with van der Waals surface area (Å²) >= 11 is 0. The molecule has 0 heterocycles. The van der Waals surface area contributed by atoms with E-state index in [1.807, 2.05) is 0 Å². The first-order chi connectivity index (χ1) is 29.1. The monoisotopic (exact) mass is 849 g/mol. The second-order valence-electron chi connectivity index (χ2n) is 19.7. The van der Waals surface area contributed by atoms with Gasteiger partial charge in [-0.25, -0.2) is 0 Å². The van der Waals surface area contributed by atoms with Crippen LogP contribution in [0.25, 0.3) is 0 Å². The second kappa shape index (κ2) is 45.4. The predicted molar refractivity (Wildman–Crippen MR) is 256 cm³/mol. The number of hydrogen-bond donors (Lipinski definition) is 0. The van der Waals surface area contributed by atoms with E-state index in [0.717, 1.165) is 75.5 Å². The van der Waals surface area contributed by atoms with Crippen LogP contribution in [0.15, 0.2) is 0 Å². The molecule has 0 saturated carbocycles. The number of carbonyl (C=O) groups excluding carboxylic acids is 3. The highest BCUT2D eigenvalue weighted by atomic mass is 16.6. The molecule has 0 bridgehead atoms. The molecule has 0 aromatic rings. The Morgan fingerprint density at radius 2 is 0.583 bits per heavy atom. The summed E-state index contributed by atoms with van der Waals surface area (Å²) in [5.74, 6) is 1.66. The van der Waals surface area contributed by atoms with Gasteiger partial charge >= 0.3 is 17.9 Å². The summed E-state index contributed by atoms with van der Waals surface area (Å²) in [5, 5.41) is 0. The van der Waals surface area contributed by atoms with Gasteiger partial charge in [-0.15, -0.1) is 0 Å². The third-order valence-electron chi connectivity index (χ3n) is 12.5. The molecule has 1 unspecified atom stereocenters. The molecular weight excluding hydrogens is 745 g/mol. The number of esters is 3. The minimum absolute atomic E-state index is 0.0648. The lowest BCUT2D eigenvalue weighted by Gasteiger charge is -2.18. The Labute approximate surface area is 374 Å². The fourth-order valence-corrected chi connectivity index (χ4v) is 8.08. The van der Waals surface area contributed by atoms with E-state index in [1.54, 1.807) is 0 Å². The molecule has 0 radical (unpaired) electrons. The fourth-order valence-electron chi connectivity index (χ4n) is 8.08. The van der Waals surface area contributed by atoms with Crippen LogP contribution in [-0.2, 0) is 28.6 Å². The molecule has 0 aliphatic carbocycles. The molecule has 0 amide bonds. The Morgan fingerprint density at radius 1 is 0.333 bits per heavy atom. The van der Waals surface area contributed by atoms with Gasteiger partial charge in [-0.2, -0.15) is 0 Å². The molecule has 0 aromatic heterocycles. The van der Waals surface area contributed by atoms with Crippen molar-refractivity contribution in [3.8, 4) is 0 Å². The van der Waals surface area contributed by atoms with E-state index in [1.165, 1.54) is 173 Å². The van der Waals surface area contributed by atoms with Gasteiger partial charge in [0.05, 0.1) is 0 Å². The van der Waals surface area contributed by atoms with Crippen molar-refractivity contribution in [1.82, 2.24) is 0 Å². The first-order valence-electron chi connectivity index (χ1n) is 26.6. The van der Waals surface area contributed by atoms with Crippen molar-refractivity contribution in [2.45, 2.75) is 298 Å². The standard InChI is InChI=1S/C54H104O6/c1-7-50(6)42-36-30-24-18-12-10-8-9-11-13-19-25-31-37-43-52(55)58-46-51(60-54(57)45-39-33-27-21-15-17-23-29-35-41-49(4)5)47-59-53(56)44-38-32-26-20-14-16-22-28-34-40-48(2)3/h48-51H,7-47H2,1-6H3/t50?,51-/m1/s1. The molecule has 0 N–H and O–H groups in total. The molecule has 0 saturated heterocycles. The summed E-state index contributed by atoms with van der Waals surface area (Å²) in [4.78, 5) is 38.0. The maximum absolute atomic E-state index is 12.8. The van der Waals surface area contributed by atoms with E-state index < -0.39 is 6.10 Å². The molecule has 0 aliphatic heterocycles. The van der Waals surface area contributed by atoms with Crippen molar-refractivity contribution in [2.75, 3.05) is 13.2 Å². The number of ether oxygens (including phenoxy) is 3. The topological polar surface area (TPSA) is 78.9 Å². The van der Waals surface area contributed by atoms with E-state index in [2.05, 4.69) is 41.5 Å². The molecule has 0 spiro atoms. The van der Waals surface area contributed by atoms with Crippen LogP contribution in [0.4, 0.5) is 0 Å². The molecule has 2 atom stereocenters. The van der Waals surface area contributed by atoms with E-state index in [4.69, 9.17) is 14.2 Å². The van der Waals surface area contributed by atoms with Crippen LogP contribution in [0.1, 0.15) is 292 Å². The van der Waals surface area contributed by atoms with E-state index in [-0.39, 0.29) is 31.1 Å². The highest BCUT2D eigenvalue weighted by molar-refractivity contribution is 5.71. The summed E-state index contributed by atoms with van der Waals surface area (Å²) in [6.45, 7) is 13.7. The summed E-state index contributed by atoms with van der Waals surface area (Å²) in [7, 11) is 0. The van der Waals surface area contributed by atoms with Crippen molar-refractivity contribution in [3.63, 3.8) is 0 Å². The molecule has 0 rings (SSSR count). The Kier molecular flexibility index (Phi) is 44.2. The van der Waals surface area contributed by atoms with Crippen molar-refractivity contribution >= 4 is 17.9 Å². The van der Waals surface area contributed by atoms with Gasteiger partial charge < -0.3 is 14.2 Å². The van der Waals surface area contributed by atoms with Crippen LogP contribution in [0.3, 0.4) is 0 Å². The largest absolute Gasteiger partial charge is 0.462 e. The second-order valence-corrected chi connectivity index (χ2v) is 19.7. The van der Waals surface area contributed by atoms with Gasteiger partial charge in [0, 0.05) is 19.3 Å². The SMILES string of the molecule is CCC(C)CCCCCCCCCCCCCCCCC(=O)OC[C@H](COC(=O)CCCCCCCCCCCC(C)C)OC(=O)CCCCCCCCCCCC(C)C. The van der Waals surface area contributed by atoms with Crippen molar-refractivity contribution < 1.29 is 28.6 Å². The highest BCUT2D eigenvalue weighted by Gasteiger charge is 2.19. The molecule has 356 valence electrons. The number of carbonyl (C=O) groups is 3. The highest BCUT2D eigenvalue weighted by Crippen LogP contribution is 2.18. The lowest BCUT2D eigenvalue weighted by Crippen LogP contribution is -2.30. The van der Waals surface area contributed by atoms with Gasteiger partial charge in [-0.1, -0.05) is 253 Å². The number of hydrogen-bond acceptors (Lipinski definition) is 6. The van der Waals surface area contributed by atoms with Gasteiger partial charge in [0.1, 0.15) is 13.2 Å². The van der Waals surface area contributed by atoms with Crippen molar-refractivity contribution in [3.05, 3.63) is 0 Å². The normalized spacial score (nSPS) is 12.6. The first kappa shape index (κ1) is 58.4. The van der Waals surface area contributed by atoms with E-state index in [9.17, 15) is 14.4 Å². The van der Waals surface area contributed by atoms with Crippen LogP contribution in [0.2, 0.25) is 0 Å². The van der Waals surface area contributed by atoms with Crippen LogP contribution in [0, 0.1) is 17.8 Å². The zero-order valence-electron chi connectivity index (χ0n) is 41.3. The van der Waals surface area contributed by atoms with Gasteiger partial charge in [0.2, 0.25) is 0 Å². The lowest BCUT2D eigenvalue weighted by atomic mass is 9.99. The summed E-state index contributed by atoms with van der Waals surface area (Å²) in [5.41, 5.74) is 0. The Hall–Kier alpha value is -1.59. The molecule has 60 heavy (non-hydrogen) atoms. The summed E-state index contributed by atoms with van der Waals surface area (Å²) < 4.78 is 16.8.